The van der Waals surface area contributed by atoms with Gasteiger partial charge in [0, 0.05) is 6.07 Å². The van der Waals surface area contributed by atoms with Gasteiger partial charge < -0.3 is 10.1 Å². The summed E-state index contributed by atoms with van der Waals surface area (Å²) < 4.78 is 31.5. The summed E-state index contributed by atoms with van der Waals surface area (Å²) in [5.41, 5.74) is 1.35. The maximum Gasteiger partial charge on any atom is 0.248 e. The predicted octanol–water partition coefficient (Wildman–Crippen LogP) is 2.23. The van der Waals surface area contributed by atoms with E-state index in [0.717, 1.165) is 10.6 Å². The van der Waals surface area contributed by atoms with Crippen molar-refractivity contribution in [1.82, 2.24) is 0 Å². The molecule has 29 heavy (non-hydrogen) atoms. The summed E-state index contributed by atoms with van der Waals surface area (Å²) in [5, 5.41) is 2.70. The van der Waals surface area contributed by atoms with Crippen LogP contribution in [0.2, 0.25) is 0 Å². The summed E-state index contributed by atoms with van der Waals surface area (Å²) in [6.07, 6.45) is 0.953. The molecular formula is C20H23N3O5S. The van der Waals surface area contributed by atoms with E-state index in [1.54, 1.807) is 48.5 Å². The largest absolute Gasteiger partial charge is 0.491 e. The van der Waals surface area contributed by atoms with Crippen LogP contribution in [0, 0.1) is 0 Å². The molecule has 0 fully saturated rings. The number of nitrogens with zero attached hydrogens (tertiary/aromatic N) is 2. The summed E-state index contributed by atoms with van der Waals surface area (Å²) >= 11 is 0. The van der Waals surface area contributed by atoms with Crippen molar-refractivity contribution in [3.8, 4) is 5.75 Å². The van der Waals surface area contributed by atoms with Crippen LogP contribution in [0.25, 0.3) is 0 Å². The lowest BCUT2D eigenvalue weighted by Crippen LogP contribution is -2.47. The second-order valence-corrected chi connectivity index (χ2v) is 8.89. The molecule has 0 saturated heterocycles. The molecule has 2 aromatic rings. The van der Waals surface area contributed by atoms with E-state index in [1.165, 1.54) is 4.90 Å². The van der Waals surface area contributed by atoms with E-state index in [9.17, 15) is 18.0 Å². The van der Waals surface area contributed by atoms with E-state index >= 15 is 0 Å². The Kier molecular flexibility index (Phi) is 5.78. The molecule has 0 saturated carbocycles. The van der Waals surface area contributed by atoms with Gasteiger partial charge in [-0.2, -0.15) is 0 Å². The number of hydrogen-bond acceptors (Lipinski definition) is 5. The van der Waals surface area contributed by atoms with Crippen LogP contribution in [-0.4, -0.2) is 45.7 Å². The Morgan fingerprint density at radius 1 is 1.21 bits per heavy atom. The summed E-state index contributed by atoms with van der Waals surface area (Å²) in [6, 6.07) is 13.4. The van der Waals surface area contributed by atoms with E-state index in [4.69, 9.17) is 4.74 Å². The van der Waals surface area contributed by atoms with E-state index in [-0.39, 0.29) is 18.6 Å². The fourth-order valence-corrected chi connectivity index (χ4v) is 3.89. The van der Waals surface area contributed by atoms with Crippen LogP contribution in [0.5, 0.6) is 5.75 Å². The highest BCUT2D eigenvalue weighted by Gasteiger charge is 2.30. The van der Waals surface area contributed by atoms with Gasteiger partial charge in [-0.05, 0) is 38.1 Å². The molecule has 0 atom stereocenters. The minimum absolute atomic E-state index is 0.0815. The first kappa shape index (κ1) is 20.7. The Labute approximate surface area is 170 Å². The molecule has 1 N–H and O–H groups in total. The molecule has 0 unspecified atom stereocenters. The molecule has 154 valence electrons. The third kappa shape index (κ3) is 4.86. The first-order valence-corrected chi connectivity index (χ1v) is 10.9. The Morgan fingerprint density at radius 3 is 2.62 bits per heavy atom. The Hall–Kier alpha value is -3.07. The number of nitrogens with one attached hydrogen (secondary N) is 1. The normalized spacial score (nSPS) is 13.7. The number of rotatable bonds is 6. The van der Waals surface area contributed by atoms with Crippen LogP contribution in [0.1, 0.15) is 13.8 Å². The lowest BCUT2D eigenvalue weighted by Gasteiger charge is -2.31. The Bertz CT molecular complexity index is 1040. The monoisotopic (exact) mass is 417 g/mol. The molecule has 0 bridgehead atoms. The van der Waals surface area contributed by atoms with Gasteiger partial charge >= 0.3 is 0 Å². The van der Waals surface area contributed by atoms with Gasteiger partial charge in [0.2, 0.25) is 21.8 Å². The molecule has 2 aromatic carbocycles. The molecule has 0 spiro atoms. The summed E-state index contributed by atoms with van der Waals surface area (Å²) in [4.78, 5) is 26.3. The average molecular weight is 417 g/mol. The van der Waals surface area contributed by atoms with E-state index < -0.39 is 22.5 Å². The highest BCUT2D eigenvalue weighted by Crippen LogP contribution is 2.30. The second-order valence-electron chi connectivity index (χ2n) is 6.98. The number of fused-ring (bicyclic) bond motifs is 1. The zero-order valence-corrected chi connectivity index (χ0v) is 17.3. The smallest absolute Gasteiger partial charge is 0.248 e. The van der Waals surface area contributed by atoms with Crippen molar-refractivity contribution in [3.05, 3.63) is 48.5 Å². The summed E-state index contributed by atoms with van der Waals surface area (Å²) in [6.45, 7) is 3.11. The van der Waals surface area contributed by atoms with Gasteiger partial charge in [0.25, 0.3) is 0 Å². The van der Waals surface area contributed by atoms with E-state index in [1.807, 2.05) is 13.8 Å². The molecule has 1 aliphatic heterocycles. The summed E-state index contributed by atoms with van der Waals surface area (Å²) in [5.74, 6) is -0.343. The van der Waals surface area contributed by atoms with Gasteiger partial charge in [-0.3, -0.25) is 18.8 Å². The van der Waals surface area contributed by atoms with Gasteiger partial charge in [-0.1, -0.05) is 18.2 Å². The number of anilines is 3. The minimum Gasteiger partial charge on any atom is -0.491 e. The quantitative estimate of drug-likeness (QED) is 0.778. The van der Waals surface area contributed by atoms with Gasteiger partial charge in [0.05, 0.1) is 29.4 Å². The highest BCUT2D eigenvalue weighted by atomic mass is 32.2. The number of carbonyl (C=O) groups is 2. The Balaban J connectivity index is 1.91. The molecule has 0 radical (unpaired) electrons. The lowest BCUT2D eigenvalue weighted by atomic mass is 10.2. The highest BCUT2D eigenvalue weighted by molar-refractivity contribution is 7.92. The molecule has 1 heterocycles. The fourth-order valence-electron chi connectivity index (χ4n) is 3.05. The van der Waals surface area contributed by atoms with Crippen molar-refractivity contribution >= 4 is 38.9 Å². The van der Waals surface area contributed by atoms with Crippen LogP contribution < -0.4 is 19.3 Å². The molecule has 0 aromatic heterocycles. The van der Waals surface area contributed by atoms with Crippen LogP contribution in [0.4, 0.5) is 17.1 Å². The zero-order chi connectivity index (χ0) is 21.2. The maximum atomic E-state index is 13.0. The molecule has 1 aliphatic rings. The van der Waals surface area contributed by atoms with E-state index in [2.05, 4.69) is 5.32 Å². The molecule has 9 heteroatoms. The maximum absolute atomic E-state index is 13.0. The summed E-state index contributed by atoms with van der Waals surface area (Å²) in [7, 11) is -3.76. The number of amides is 2. The lowest BCUT2D eigenvalue weighted by molar-refractivity contribution is -0.121. The van der Waals surface area contributed by atoms with Crippen LogP contribution in [0.15, 0.2) is 48.5 Å². The second kappa shape index (κ2) is 8.12. The molecule has 2 amide bonds. The van der Waals surface area contributed by atoms with Crippen molar-refractivity contribution in [2.75, 3.05) is 33.9 Å². The van der Waals surface area contributed by atoms with Gasteiger partial charge in [-0.25, -0.2) is 8.42 Å². The molecule has 3 rings (SSSR count). The fraction of sp³-hybridized carbons (Fsp3) is 0.300. The van der Waals surface area contributed by atoms with Gasteiger partial charge in [0.15, 0.2) is 0 Å². The topological polar surface area (TPSA) is 96.0 Å². The standard InChI is InChI=1S/C20H23N3O5S/c1-14(2)28-16-8-6-7-15(11-16)23(29(3,26)27)13-20(25)22-12-19(24)21-17-9-4-5-10-18(17)22/h4-11,14H,12-13H2,1-3H3,(H,21,24). The van der Waals surface area contributed by atoms with Crippen LogP contribution >= 0.6 is 0 Å². The zero-order valence-electron chi connectivity index (χ0n) is 16.5. The SMILES string of the molecule is CC(C)Oc1cccc(N(CC(=O)N2CC(=O)Nc3ccccc32)S(C)(=O)=O)c1. The number of hydrogen-bond donors (Lipinski definition) is 1. The number of benzene rings is 2. The minimum atomic E-state index is -3.76. The number of carbonyl (C=O) groups excluding carboxylic acids is 2. The van der Waals surface area contributed by atoms with Crippen molar-refractivity contribution < 1.29 is 22.7 Å². The van der Waals surface area contributed by atoms with Crippen LogP contribution in [0.3, 0.4) is 0 Å². The number of ether oxygens (including phenoxy) is 1. The van der Waals surface area contributed by atoms with Crippen LogP contribution in [-0.2, 0) is 19.6 Å². The average Bonchev–Trinajstić information content (AvgIpc) is 2.64. The number of para-hydroxylation sites is 2. The third-order valence-electron chi connectivity index (χ3n) is 4.23. The third-order valence-corrected chi connectivity index (χ3v) is 5.37. The predicted molar refractivity (Wildman–Crippen MR) is 112 cm³/mol. The van der Waals surface area contributed by atoms with Gasteiger partial charge in [-0.15, -0.1) is 0 Å². The number of sulfonamides is 1. The van der Waals surface area contributed by atoms with Crippen molar-refractivity contribution in [2.45, 2.75) is 20.0 Å². The Morgan fingerprint density at radius 2 is 1.93 bits per heavy atom. The van der Waals surface area contributed by atoms with E-state index in [0.29, 0.717) is 22.8 Å². The van der Waals surface area contributed by atoms with Crippen molar-refractivity contribution in [3.63, 3.8) is 0 Å². The molecule has 0 aliphatic carbocycles. The molecular weight excluding hydrogens is 394 g/mol. The molecule has 8 nitrogen and oxygen atoms in total. The first-order valence-electron chi connectivity index (χ1n) is 9.09. The van der Waals surface area contributed by atoms with Crippen molar-refractivity contribution in [1.29, 1.82) is 0 Å². The first-order chi connectivity index (χ1) is 13.6. The van der Waals surface area contributed by atoms with Crippen molar-refractivity contribution in [2.24, 2.45) is 0 Å². The van der Waals surface area contributed by atoms with Gasteiger partial charge in [0.1, 0.15) is 18.8 Å².